The smallest absolute Gasteiger partial charge is 0.181 e. The van der Waals surface area contributed by atoms with Gasteiger partial charge in [-0.3, -0.25) is 0 Å². The van der Waals surface area contributed by atoms with Gasteiger partial charge in [-0.25, -0.2) is 12.8 Å². The van der Waals surface area contributed by atoms with E-state index in [0.717, 1.165) is 12.8 Å². The third-order valence-corrected chi connectivity index (χ3v) is 5.58. The molecule has 1 aromatic carbocycles. The summed E-state index contributed by atoms with van der Waals surface area (Å²) in [6.45, 7) is 0. The van der Waals surface area contributed by atoms with Crippen LogP contribution in [0.25, 0.3) is 0 Å². The number of hydrogen-bond donors (Lipinski definition) is 1. The van der Waals surface area contributed by atoms with Gasteiger partial charge in [0.25, 0.3) is 0 Å². The van der Waals surface area contributed by atoms with Gasteiger partial charge in [-0.15, -0.1) is 12.4 Å². The first-order valence-corrected chi connectivity index (χ1v) is 7.30. The molecule has 0 atom stereocenters. The Morgan fingerprint density at radius 3 is 2.06 bits per heavy atom. The number of sulfone groups is 1. The Kier molecular flexibility index (Phi) is 5.13. The lowest BCUT2D eigenvalue weighted by molar-refractivity contribution is 0.433. The molecule has 0 amide bonds. The molecule has 0 aromatic heterocycles. The summed E-state index contributed by atoms with van der Waals surface area (Å²) in [4.78, 5) is 0.208. The third-order valence-electron chi connectivity index (χ3n) is 3.30. The fraction of sp³-hybridized carbons (Fsp3) is 0.500. The van der Waals surface area contributed by atoms with E-state index in [4.69, 9.17) is 5.73 Å². The second-order valence-electron chi connectivity index (χ2n) is 4.54. The molecule has 1 aliphatic carbocycles. The molecule has 102 valence electrons. The van der Waals surface area contributed by atoms with Crippen LogP contribution in [0, 0.1) is 5.82 Å². The summed E-state index contributed by atoms with van der Waals surface area (Å²) in [5.41, 5.74) is 5.75. The Balaban J connectivity index is 0.00000162. The predicted molar refractivity (Wildman–Crippen MR) is 71.1 cm³/mol. The first-order chi connectivity index (χ1) is 8.00. The molecule has 0 aliphatic heterocycles. The van der Waals surface area contributed by atoms with Gasteiger partial charge in [0.05, 0.1) is 10.1 Å². The molecule has 0 bridgehead atoms. The molecule has 6 heteroatoms. The highest BCUT2D eigenvalue weighted by molar-refractivity contribution is 7.92. The Morgan fingerprint density at radius 1 is 1.06 bits per heavy atom. The molecule has 0 heterocycles. The van der Waals surface area contributed by atoms with Crippen LogP contribution < -0.4 is 5.73 Å². The highest BCUT2D eigenvalue weighted by atomic mass is 35.5. The summed E-state index contributed by atoms with van der Waals surface area (Å²) in [5, 5.41) is -0.368. The number of benzene rings is 1. The van der Waals surface area contributed by atoms with E-state index in [1.165, 1.54) is 24.3 Å². The Labute approximate surface area is 113 Å². The summed E-state index contributed by atoms with van der Waals surface area (Å²) in [5.74, 6) is -0.422. The van der Waals surface area contributed by atoms with Crippen molar-refractivity contribution < 1.29 is 12.8 Å². The van der Waals surface area contributed by atoms with E-state index in [-0.39, 0.29) is 28.6 Å². The van der Waals surface area contributed by atoms with Crippen molar-refractivity contribution in [1.82, 2.24) is 0 Å². The van der Waals surface area contributed by atoms with Crippen LogP contribution in [0.4, 0.5) is 4.39 Å². The van der Waals surface area contributed by atoms with Crippen molar-refractivity contribution in [3.05, 3.63) is 30.1 Å². The molecular weight excluding hydrogens is 277 g/mol. The number of halogens is 2. The van der Waals surface area contributed by atoms with Crippen LogP contribution in [0.15, 0.2) is 29.2 Å². The summed E-state index contributed by atoms with van der Waals surface area (Å²) < 4.78 is 37.2. The fourth-order valence-electron chi connectivity index (χ4n) is 2.22. The van der Waals surface area contributed by atoms with Crippen LogP contribution in [-0.4, -0.2) is 19.7 Å². The van der Waals surface area contributed by atoms with Gasteiger partial charge in [-0.2, -0.15) is 0 Å². The van der Waals surface area contributed by atoms with Gasteiger partial charge in [0.1, 0.15) is 5.82 Å². The van der Waals surface area contributed by atoms with E-state index >= 15 is 0 Å². The SMILES string of the molecule is Cl.NC1CCC(S(=O)(=O)c2ccc(F)cc2)CC1. The molecule has 2 rings (SSSR count). The molecule has 0 saturated heterocycles. The lowest BCUT2D eigenvalue weighted by Gasteiger charge is -2.25. The largest absolute Gasteiger partial charge is 0.328 e. The minimum absolute atomic E-state index is 0. The third kappa shape index (κ3) is 3.22. The first kappa shape index (κ1) is 15.4. The molecule has 1 saturated carbocycles. The van der Waals surface area contributed by atoms with Gasteiger partial charge >= 0.3 is 0 Å². The van der Waals surface area contributed by atoms with Gasteiger partial charge in [-0.05, 0) is 49.9 Å². The summed E-state index contributed by atoms with van der Waals surface area (Å²) >= 11 is 0. The zero-order valence-corrected chi connectivity index (χ0v) is 11.5. The molecule has 1 fully saturated rings. The Morgan fingerprint density at radius 2 is 1.56 bits per heavy atom. The molecule has 18 heavy (non-hydrogen) atoms. The van der Waals surface area contributed by atoms with Gasteiger partial charge in [0.15, 0.2) is 9.84 Å². The number of hydrogen-bond acceptors (Lipinski definition) is 3. The number of nitrogens with two attached hydrogens (primary N) is 1. The molecule has 0 spiro atoms. The Hall–Kier alpha value is -0.650. The van der Waals surface area contributed by atoms with E-state index in [0.29, 0.717) is 12.8 Å². The lowest BCUT2D eigenvalue weighted by Crippen LogP contribution is -2.33. The van der Waals surface area contributed by atoms with Crippen LogP contribution in [-0.2, 0) is 9.84 Å². The summed E-state index contributed by atoms with van der Waals surface area (Å²) in [6, 6.07) is 5.15. The topological polar surface area (TPSA) is 60.2 Å². The van der Waals surface area contributed by atoms with Gasteiger partial charge in [0, 0.05) is 6.04 Å². The zero-order chi connectivity index (χ0) is 12.5. The van der Waals surface area contributed by atoms with Crippen molar-refractivity contribution in [2.75, 3.05) is 0 Å². The van der Waals surface area contributed by atoms with E-state index in [1.807, 2.05) is 0 Å². The molecule has 2 N–H and O–H groups in total. The van der Waals surface area contributed by atoms with Crippen LogP contribution in [0.1, 0.15) is 25.7 Å². The van der Waals surface area contributed by atoms with Crippen molar-refractivity contribution in [1.29, 1.82) is 0 Å². The maximum atomic E-state index is 12.8. The summed E-state index contributed by atoms with van der Waals surface area (Å²) in [6.07, 6.45) is 2.68. The minimum atomic E-state index is -3.32. The standard InChI is InChI=1S/C12H16FNO2S.ClH/c13-9-1-5-11(6-2-9)17(15,16)12-7-3-10(14)4-8-12;/h1-2,5-6,10,12H,3-4,7-8,14H2;1H. The average Bonchev–Trinajstić information content (AvgIpc) is 2.30. The second kappa shape index (κ2) is 5.99. The van der Waals surface area contributed by atoms with Crippen LogP contribution >= 0.6 is 12.4 Å². The molecule has 1 aliphatic rings. The molecule has 0 unspecified atom stereocenters. The van der Waals surface area contributed by atoms with Crippen LogP contribution in [0.2, 0.25) is 0 Å². The number of rotatable bonds is 2. The van der Waals surface area contributed by atoms with Gasteiger partial charge in [-0.1, -0.05) is 0 Å². The maximum Gasteiger partial charge on any atom is 0.181 e. The van der Waals surface area contributed by atoms with Crippen molar-refractivity contribution in [3.63, 3.8) is 0 Å². The zero-order valence-electron chi connectivity index (χ0n) is 9.88. The molecule has 3 nitrogen and oxygen atoms in total. The molecular formula is C12H17ClFNO2S. The van der Waals surface area contributed by atoms with Gasteiger partial charge < -0.3 is 5.73 Å². The monoisotopic (exact) mass is 293 g/mol. The maximum absolute atomic E-state index is 12.8. The van der Waals surface area contributed by atoms with Crippen molar-refractivity contribution >= 4 is 22.2 Å². The van der Waals surface area contributed by atoms with Crippen LogP contribution in [0.5, 0.6) is 0 Å². The van der Waals surface area contributed by atoms with E-state index in [9.17, 15) is 12.8 Å². The highest BCUT2D eigenvalue weighted by Gasteiger charge is 2.30. The van der Waals surface area contributed by atoms with E-state index < -0.39 is 15.7 Å². The highest BCUT2D eigenvalue weighted by Crippen LogP contribution is 2.28. The van der Waals surface area contributed by atoms with Crippen molar-refractivity contribution in [2.24, 2.45) is 5.73 Å². The minimum Gasteiger partial charge on any atom is -0.328 e. The molecule has 0 radical (unpaired) electrons. The van der Waals surface area contributed by atoms with E-state index in [1.54, 1.807) is 0 Å². The molecule has 1 aromatic rings. The second-order valence-corrected chi connectivity index (χ2v) is 6.76. The van der Waals surface area contributed by atoms with Crippen molar-refractivity contribution in [2.45, 2.75) is 41.9 Å². The predicted octanol–water partition coefficient (Wildman–Crippen LogP) is 2.29. The lowest BCUT2D eigenvalue weighted by atomic mass is 9.96. The summed E-state index contributed by atoms with van der Waals surface area (Å²) in [7, 11) is -3.32. The van der Waals surface area contributed by atoms with Gasteiger partial charge in [0.2, 0.25) is 0 Å². The van der Waals surface area contributed by atoms with E-state index in [2.05, 4.69) is 0 Å². The van der Waals surface area contributed by atoms with Crippen molar-refractivity contribution in [3.8, 4) is 0 Å². The normalized spacial score (nSPS) is 24.3. The fourth-order valence-corrected chi connectivity index (χ4v) is 4.01. The average molecular weight is 294 g/mol. The van der Waals surface area contributed by atoms with Crippen LogP contribution in [0.3, 0.4) is 0 Å². The first-order valence-electron chi connectivity index (χ1n) is 5.75. The quantitative estimate of drug-likeness (QED) is 0.851. The Bertz CT molecular complexity index is 481.